The second-order valence-electron chi connectivity index (χ2n) is 7.63. The zero-order valence-corrected chi connectivity index (χ0v) is 16.4. The van der Waals surface area contributed by atoms with Gasteiger partial charge in [0.15, 0.2) is 0 Å². The first kappa shape index (κ1) is 17.0. The van der Waals surface area contributed by atoms with Crippen LogP contribution >= 0.6 is 0 Å². The molecule has 0 aliphatic heterocycles. The average Bonchev–Trinajstić information content (AvgIpc) is 2.82. The van der Waals surface area contributed by atoms with Gasteiger partial charge >= 0.3 is 0 Å². The van der Waals surface area contributed by atoms with Gasteiger partial charge in [-0.3, -0.25) is 0 Å². The SMILES string of the molecule is [c]1ccc2cc(-c3cccc4c(-c5cc[c]c6ccccc56)cccc34)ccc2c1. The summed E-state index contributed by atoms with van der Waals surface area (Å²) in [6.07, 6.45) is 0. The third kappa shape index (κ3) is 2.69. The number of benzene rings is 6. The van der Waals surface area contributed by atoms with Gasteiger partial charge in [0.2, 0.25) is 0 Å². The Morgan fingerprint density at radius 2 is 1.27 bits per heavy atom. The molecule has 0 heterocycles. The molecular formula is C30H18. The van der Waals surface area contributed by atoms with Crippen LogP contribution in [0.4, 0.5) is 0 Å². The molecule has 0 bridgehead atoms. The van der Waals surface area contributed by atoms with Gasteiger partial charge in [-0.05, 0) is 78.8 Å². The van der Waals surface area contributed by atoms with Gasteiger partial charge in [0.25, 0.3) is 0 Å². The summed E-state index contributed by atoms with van der Waals surface area (Å²) in [7, 11) is 0. The van der Waals surface area contributed by atoms with Crippen molar-refractivity contribution in [2.75, 3.05) is 0 Å². The summed E-state index contributed by atoms with van der Waals surface area (Å²) in [5.41, 5.74) is 5.01. The standard InChI is InChI=1S/C30H18/c1-2-10-23-20-24(19-18-21(23)8-1)26-13-6-16-30-28(26)15-7-17-29(30)27-14-5-11-22-9-3-4-12-25(22)27/h2-10,12-20H. The van der Waals surface area contributed by atoms with E-state index in [2.05, 4.69) is 103 Å². The van der Waals surface area contributed by atoms with Gasteiger partial charge in [-0.25, -0.2) is 0 Å². The van der Waals surface area contributed by atoms with Crippen molar-refractivity contribution in [2.24, 2.45) is 0 Å². The lowest BCUT2D eigenvalue weighted by Gasteiger charge is -2.13. The summed E-state index contributed by atoms with van der Waals surface area (Å²) in [6.45, 7) is 0. The monoisotopic (exact) mass is 378 g/mol. The maximum atomic E-state index is 3.36. The topological polar surface area (TPSA) is 0 Å². The summed E-state index contributed by atoms with van der Waals surface area (Å²) < 4.78 is 0. The molecule has 0 aromatic heterocycles. The minimum absolute atomic E-state index is 1.15. The van der Waals surface area contributed by atoms with Crippen LogP contribution in [0.15, 0.2) is 109 Å². The van der Waals surface area contributed by atoms with Crippen LogP contribution in [-0.4, -0.2) is 0 Å². The fourth-order valence-electron chi connectivity index (χ4n) is 4.47. The predicted molar refractivity (Wildman–Crippen MR) is 128 cm³/mol. The van der Waals surface area contributed by atoms with E-state index in [1.807, 2.05) is 18.2 Å². The molecule has 0 heteroatoms. The highest BCUT2D eigenvalue weighted by Crippen LogP contribution is 2.37. The Hall–Kier alpha value is -3.90. The van der Waals surface area contributed by atoms with Gasteiger partial charge in [-0.1, -0.05) is 97.1 Å². The van der Waals surface area contributed by atoms with E-state index < -0.39 is 0 Å². The lowest BCUT2D eigenvalue weighted by Crippen LogP contribution is -1.87. The molecule has 0 saturated carbocycles. The number of hydrogen-bond donors (Lipinski definition) is 0. The predicted octanol–water partition coefficient (Wildman–Crippen LogP) is 8.08. The normalized spacial score (nSPS) is 11.3. The van der Waals surface area contributed by atoms with Gasteiger partial charge in [0, 0.05) is 0 Å². The van der Waals surface area contributed by atoms with E-state index in [1.165, 1.54) is 49.2 Å². The van der Waals surface area contributed by atoms with Crippen molar-refractivity contribution >= 4 is 32.3 Å². The molecule has 0 nitrogen and oxygen atoms in total. The first-order valence-corrected chi connectivity index (χ1v) is 10.2. The molecule has 0 amide bonds. The Labute approximate surface area is 176 Å². The second kappa shape index (κ2) is 6.86. The Kier molecular flexibility index (Phi) is 3.89. The van der Waals surface area contributed by atoms with Crippen LogP contribution in [0.2, 0.25) is 0 Å². The van der Waals surface area contributed by atoms with Crippen LogP contribution in [0.1, 0.15) is 0 Å². The summed E-state index contributed by atoms with van der Waals surface area (Å²) in [5.74, 6) is 0. The molecular weight excluding hydrogens is 360 g/mol. The van der Waals surface area contributed by atoms with Gasteiger partial charge in [0.1, 0.15) is 0 Å². The molecule has 138 valence electrons. The Balaban J connectivity index is 1.62. The second-order valence-corrected chi connectivity index (χ2v) is 7.63. The van der Waals surface area contributed by atoms with Gasteiger partial charge in [-0.2, -0.15) is 0 Å². The maximum absolute atomic E-state index is 3.36. The van der Waals surface area contributed by atoms with Crippen molar-refractivity contribution in [3.63, 3.8) is 0 Å². The molecule has 0 atom stereocenters. The molecule has 6 rings (SSSR count). The summed E-state index contributed by atoms with van der Waals surface area (Å²) >= 11 is 0. The van der Waals surface area contributed by atoms with Crippen LogP contribution in [-0.2, 0) is 0 Å². The van der Waals surface area contributed by atoms with Crippen LogP contribution < -0.4 is 0 Å². The summed E-state index contributed by atoms with van der Waals surface area (Å²) in [5, 5.41) is 7.38. The van der Waals surface area contributed by atoms with Crippen LogP contribution in [0.3, 0.4) is 0 Å². The Bertz CT molecular complexity index is 1530. The van der Waals surface area contributed by atoms with Gasteiger partial charge < -0.3 is 0 Å². The third-order valence-corrected chi connectivity index (χ3v) is 5.91. The zero-order valence-electron chi connectivity index (χ0n) is 16.4. The molecule has 6 aromatic rings. The number of fused-ring (bicyclic) bond motifs is 3. The van der Waals surface area contributed by atoms with Crippen LogP contribution in [0, 0.1) is 12.1 Å². The molecule has 0 spiro atoms. The third-order valence-electron chi connectivity index (χ3n) is 5.91. The smallest absolute Gasteiger partial charge is 0.00987 e. The zero-order chi connectivity index (χ0) is 19.9. The van der Waals surface area contributed by atoms with E-state index in [4.69, 9.17) is 0 Å². The van der Waals surface area contributed by atoms with Gasteiger partial charge in [-0.15, -0.1) is 0 Å². The van der Waals surface area contributed by atoms with Gasteiger partial charge in [0.05, 0.1) is 0 Å². The fourth-order valence-corrected chi connectivity index (χ4v) is 4.47. The van der Waals surface area contributed by atoms with Crippen LogP contribution in [0.25, 0.3) is 54.6 Å². The van der Waals surface area contributed by atoms with E-state index in [0.717, 1.165) is 5.39 Å². The highest BCUT2D eigenvalue weighted by Gasteiger charge is 2.11. The van der Waals surface area contributed by atoms with E-state index in [9.17, 15) is 0 Å². The molecule has 6 aromatic carbocycles. The number of hydrogen-bond acceptors (Lipinski definition) is 0. The lowest BCUT2D eigenvalue weighted by molar-refractivity contribution is 1.66. The van der Waals surface area contributed by atoms with E-state index in [0.29, 0.717) is 0 Å². The molecule has 0 aliphatic carbocycles. The summed E-state index contributed by atoms with van der Waals surface area (Å²) in [6, 6.07) is 45.3. The van der Waals surface area contributed by atoms with Crippen molar-refractivity contribution in [3.8, 4) is 22.3 Å². The molecule has 0 unspecified atom stereocenters. The van der Waals surface area contributed by atoms with Crippen molar-refractivity contribution in [3.05, 3.63) is 121 Å². The molecule has 0 aliphatic rings. The lowest BCUT2D eigenvalue weighted by atomic mass is 9.90. The highest BCUT2D eigenvalue weighted by atomic mass is 14.1. The Morgan fingerprint density at radius 3 is 2.20 bits per heavy atom. The molecule has 0 fully saturated rings. The quantitative estimate of drug-likeness (QED) is 0.286. The first-order valence-electron chi connectivity index (χ1n) is 10.2. The first-order chi connectivity index (χ1) is 14.9. The number of rotatable bonds is 2. The molecule has 30 heavy (non-hydrogen) atoms. The fraction of sp³-hybridized carbons (Fsp3) is 0. The van der Waals surface area contributed by atoms with E-state index in [-0.39, 0.29) is 0 Å². The van der Waals surface area contributed by atoms with Crippen molar-refractivity contribution in [1.82, 2.24) is 0 Å². The molecule has 2 radical (unpaired) electrons. The summed E-state index contributed by atoms with van der Waals surface area (Å²) in [4.78, 5) is 0. The Morgan fingerprint density at radius 1 is 0.500 bits per heavy atom. The minimum atomic E-state index is 1.15. The molecule has 0 N–H and O–H groups in total. The van der Waals surface area contributed by atoms with Crippen molar-refractivity contribution in [2.45, 2.75) is 0 Å². The van der Waals surface area contributed by atoms with E-state index >= 15 is 0 Å². The highest BCUT2D eigenvalue weighted by molar-refractivity contribution is 6.09. The van der Waals surface area contributed by atoms with Crippen molar-refractivity contribution in [1.29, 1.82) is 0 Å². The van der Waals surface area contributed by atoms with E-state index in [1.54, 1.807) is 0 Å². The van der Waals surface area contributed by atoms with Crippen LogP contribution in [0.5, 0.6) is 0 Å². The largest absolute Gasteiger partial charge is 0.0616 e. The average molecular weight is 378 g/mol. The minimum Gasteiger partial charge on any atom is -0.0616 e. The maximum Gasteiger partial charge on any atom is -0.00987 e. The van der Waals surface area contributed by atoms with Crippen molar-refractivity contribution < 1.29 is 0 Å². The molecule has 0 saturated heterocycles.